The molecule has 1 N–H and O–H groups in total. The Morgan fingerprint density at radius 3 is 2.19 bits per heavy atom. The zero-order chi connectivity index (χ0) is 11.6. The van der Waals surface area contributed by atoms with Gasteiger partial charge in [-0.05, 0) is 43.4 Å². The Bertz CT molecular complexity index is 336. The summed E-state index contributed by atoms with van der Waals surface area (Å²) >= 11 is 5.92. The second kappa shape index (κ2) is 4.77. The molecule has 0 saturated heterocycles. The second-order valence-electron chi connectivity index (χ2n) is 4.75. The van der Waals surface area contributed by atoms with Crippen LogP contribution in [0.3, 0.4) is 0 Å². The number of nitrogens with one attached hydrogen (secondary N) is 1. The Hall–Kier alpha value is -0.530. The van der Waals surface area contributed by atoms with E-state index in [1.165, 1.54) is 31.2 Å². The lowest BCUT2D eigenvalue weighted by Gasteiger charge is -2.24. The molecule has 1 nitrogen and oxygen atoms in total. The van der Waals surface area contributed by atoms with E-state index >= 15 is 0 Å². The van der Waals surface area contributed by atoms with Crippen LogP contribution in [0.4, 0.5) is 0 Å². The van der Waals surface area contributed by atoms with Crippen molar-refractivity contribution >= 4 is 11.6 Å². The molecule has 1 fully saturated rings. The summed E-state index contributed by atoms with van der Waals surface area (Å²) in [4.78, 5) is 0. The average molecular weight is 238 g/mol. The first kappa shape index (κ1) is 11.9. The number of hydrogen-bond acceptors (Lipinski definition) is 1. The molecule has 1 aromatic rings. The molecule has 0 unspecified atom stereocenters. The molecule has 2 rings (SSSR count). The van der Waals surface area contributed by atoms with E-state index in [-0.39, 0.29) is 5.54 Å². The van der Waals surface area contributed by atoms with Crippen LogP contribution in [0.15, 0.2) is 24.3 Å². The van der Waals surface area contributed by atoms with E-state index in [0.717, 1.165) is 5.02 Å². The highest BCUT2D eigenvalue weighted by Crippen LogP contribution is 2.46. The second-order valence-corrected chi connectivity index (χ2v) is 5.18. The zero-order valence-electron chi connectivity index (χ0n) is 10.1. The van der Waals surface area contributed by atoms with Crippen LogP contribution in [-0.4, -0.2) is 6.04 Å². The molecule has 1 aliphatic rings. The molecule has 0 bridgehead atoms. The fourth-order valence-electron chi connectivity index (χ4n) is 2.29. The minimum Gasteiger partial charge on any atom is -0.305 e. The summed E-state index contributed by atoms with van der Waals surface area (Å²) in [5.41, 5.74) is 1.64. The molecule has 2 heteroatoms. The molecule has 1 aromatic carbocycles. The monoisotopic (exact) mass is 237 g/mol. The third-order valence-corrected chi connectivity index (χ3v) is 3.86. The van der Waals surface area contributed by atoms with Gasteiger partial charge in [0.15, 0.2) is 0 Å². The highest BCUT2D eigenvalue weighted by Gasteiger charge is 2.44. The molecule has 0 aromatic heterocycles. The van der Waals surface area contributed by atoms with Crippen LogP contribution in [0.2, 0.25) is 5.02 Å². The van der Waals surface area contributed by atoms with E-state index < -0.39 is 0 Å². The van der Waals surface area contributed by atoms with Crippen molar-refractivity contribution in [3.05, 3.63) is 34.9 Å². The number of hydrogen-bond donors (Lipinski definition) is 1. The Balaban J connectivity index is 2.10. The van der Waals surface area contributed by atoms with Crippen LogP contribution in [0, 0.1) is 0 Å². The van der Waals surface area contributed by atoms with Crippen LogP contribution in [0.1, 0.15) is 45.1 Å². The molecular formula is C14H20ClN. The van der Waals surface area contributed by atoms with Crippen molar-refractivity contribution in [3.8, 4) is 0 Å². The summed E-state index contributed by atoms with van der Waals surface area (Å²) in [6, 6.07) is 8.94. The third kappa shape index (κ3) is 2.41. The summed E-state index contributed by atoms with van der Waals surface area (Å²) < 4.78 is 0. The predicted octanol–water partition coefficient (Wildman–Crippen LogP) is 4.11. The molecule has 0 heterocycles. The van der Waals surface area contributed by atoms with E-state index in [2.05, 4.69) is 31.3 Å². The Morgan fingerprint density at radius 1 is 1.19 bits per heavy atom. The van der Waals surface area contributed by atoms with Gasteiger partial charge in [-0.15, -0.1) is 0 Å². The summed E-state index contributed by atoms with van der Waals surface area (Å²) in [7, 11) is 0. The standard InChI is InChI=1S/C14H20ClN/c1-3-13(4-2)16-14(9-10-14)11-5-7-12(15)8-6-11/h5-8,13,16H,3-4,9-10H2,1-2H3. The predicted molar refractivity (Wildman–Crippen MR) is 69.9 cm³/mol. The molecule has 0 amide bonds. The highest BCUT2D eigenvalue weighted by atomic mass is 35.5. The van der Waals surface area contributed by atoms with Gasteiger partial charge in [0.1, 0.15) is 0 Å². The fraction of sp³-hybridized carbons (Fsp3) is 0.571. The number of rotatable bonds is 5. The van der Waals surface area contributed by atoms with Crippen molar-refractivity contribution in [3.63, 3.8) is 0 Å². The largest absolute Gasteiger partial charge is 0.305 e. The topological polar surface area (TPSA) is 12.0 Å². The Labute approximate surface area is 103 Å². The first-order chi connectivity index (χ1) is 7.70. The van der Waals surface area contributed by atoms with Crippen LogP contribution in [0.25, 0.3) is 0 Å². The van der Waals surface area contributed by atoms with E-state index in [1.54, 1.807) is 0 Å². The van der Waals surface area contributed by atoms with E-state index in [0.29, 0.717) is 6.04 Å². The molecular weight excluding hydrogens is 218 g/mol. The van der Waals surface area contributed by atoms with Gasteiger partial charge >= 0.3 is 0 Å². The maximum Gasteiger partial charge on any atom is 0.0438 e. The summed E-state index contributed by atoms with van der Waals surface area (Å²) in [5.74, 6) is 0. The SMILES string of the molecule is CCC(CC)NC1(c2ccc(Cl)cc2)CC1. The van der Waals surface area contributed by atoms with Crippen molar-refractivity contribution in [1.82, 2.24) is 5.32 Å². The van der Waals surface area contributed by atoms with Crippen LogP contribution in [-0.2, 0) is 5.54 Å². The molecule has 16 heavy (non-hydrogen) atoms. The number of benzene rings is 1. The van der Waals surface area contributed by atoms with Gasteiger partial charge in [0, 0.05) is 16.6 Å². The molecule has 0 atom stereocenters. The fourth-order valence-corrected chi connectivity index (χ4v) is 2.42. The molecule has 88 valence electrons. The molecule has 0 radical (unpaired) electrons. The van der Waals surface area contributed by atoms with Crippen LogP contribution in [0.5, 0.6) is 0 Å². The minimum absolute atomic E-state index is 0.251. The minimum atomic E-state index is 0.251. The van der Waals surface area contributed by atoms with Gasteiger partial charge in [0.05, 0.1) is 0 Å². The van der Waals surface area contributed by atoms with Gasteiger partial charge < -0.3 is 5.32 Å². The van der Waals surface area contributed by atoms with Crippen molar-refractivity contribution in [2.75, 3.05) is 0 Å². The smallest absolute Gasteiger partial charge is 0.0438 e. The normalized spacial score (nSPS) is 17.8. The molecule has 1 aliphatic carbocycles. The van der Waals surface area contributed by atoms with Gasteiger partial charge in [0.25, 0.3) is 0 Å². The van der Waals surface area contributed by atoms with Crippen LogP contribution >= 0.6 is 11.6 Å². The highest BCUT2D eigenvalue weighted by molar-refractivity contribution is 6.30. The van der Waals surface area contributed by atoms with Gasteiger partial charge in [-0.3, -0.25) is 0 Å². The maximum absolute atomic E-state index is 5.92. The number of halogens is 1. The third-order valence-electron chi connectivity index (χ3n) is 3.61. The van der Waals surface area contributed by atoms with Crippen LogP contribution < -0.4 is 5.32 Å². The van der Waals surface area contributed by atoms with Gasteiger partial charge in [-0.2, -0.15) is 0 Å². The van der Waals surface area contributed by atoms with Gasteiger partial charge in [-0.25, -0.2) is 0 Å². The van der Waals surface area contributed by atoms with Crippen molar-refractivity contribution in [1.29, 1.82) is 0 Å². The van der Waals surface area contributed by atoms with E-state index in [1.807, 2.05) is 12.1 Å². The summed E-state index contributed by atoms with van der Waals surface area (Å²) in [6.07, 6.45) is 4.91. The maximum atomic E-state index is 5.92. The molecule has 0 aliphatic heterocycles. The Kier molecular flexibility index (Phi) is 3.56. The van der Waals surface area contributed by atoms with Gasteiger partial charge in [-0.1, -0.05) is 37.6 Å². The first-order valence-corrected chi connectivity index (χ1v) is 6.61. The van der Waals surface area contributed by atoms with Gasteiger partial charge in [0.2, 0.25) is 0 Å². The van der Waals surface area contributed by atoms with E-state index in [4.69, 9.17) is 11.6 Å². The summed E-state index contributed by atoms with van der Waals surface area (Å²) in [5, 5.41) is 4.62. The van der Waals surface area contributed by atoms with Crippen molar-refractivity contribution in [2.45, 2.75) is 51.1 Å². The zero-order valence-corrected chi connectivity index (χ0v) is 10.8. The lowest BCUT2D eigenvalue weighted by molar-refractivity contribution is 0.400. The quantitative estimate of drug-likeness (QED) is 0.813. The lowest BCUT2D eigenvalue weighted by Crippen LogP contribution is -2.37. The average Bonchev–Trinajstić information content (AvgIpc) is 3.08. The van der Waals surface area contributed by atoms with Crippen molar-refractivity contribution < 1.29 is 0 Å². The lowest BCUT2D eigenvalue weighted by atomic mass is 10.0. The molecule has 1 saturated carbocycles. The van der Waals surface area contributed by atoms with E-state index in [9.17, 15) is 0 Å². The molecule has 0 spiro atoms. The first-order valence-electron chi connectivity index (χ1n) is 6.24. The van der Waals surface area contributed by atoms with Crippen molar-refractivity contribution in [2.24, 2.45) is 0 Å². The Morgan fingerprint density at radius 2 is 1.75 bits per heavy atom. The summed E-state index contributed by atoms with van der Waals surface area (Å²) in [6.45, 7) is 4.50.